The van der Waals surface area contributed by atoms with Crippen LogP contribution in [0.5, 0.6) is 11.5 Å². The minimum atomic E-state index is -1.07. The third-order valence-electron chi connectivity index (χ3n) is 14.7. The van der Waals surface area contributed by atoms with Crippen molar-refractivity contribution in [1.82, 2.24) is 30.6 Å². The van der Waals surface area contributed by atoms with Crippen molar-refractivity contribution in [3.63, 3.8) is 0 Å². The second kappa shape index (κ2) is 20.0. The zero-order chi connectivity index (χ0) is 48.6. The number of methoxy groups -OCH3 is 1. The number of carbonyl (C=O) groups is 4. The lowest BCUT2D eigenvalue weighted by molar-refractivity contribution is -0.126. The number of aryl methyl sites for hydroxylation is 1. The van der Waals surface area contributed by atoms with E-state index in [4.69, 9.17) is 26.8 Å². The molecule has 3 fully saturated rings. The number of carbonyl (C=O) groups excluding carboxylic acids is 4. The van der Waals surface area contributed by atoms with E-state index in [1.807, 2.05) is 62.5 Å². The van der Waals surface area contributed by atoms with Gasteiger partial charge in [-0.2, -0.15) is 5.10 Å². The topological polar surface area (TPSA) is 185 Å². The van der Waals surface area contributed by atoms with E-state index in [9.17, 15) is 19.2 Å². The largest absolute Gasteiger partial charge is 0.494 e. The average Bonchev–Trinajstić information content (AvgIpc) is 3.83. The van der Waals surface area contributed by atoms with E-state index in [1.165, 1.54) is 30.2 Å². The molecule has 18 heteroatoms. The molecule has 0 radical (unpaired) electrons. The van der Waals surface area contributed by atoms with Crippen molar-refractivity contribution in [2.45, 2.75) is 69.4 Å². The van der Waals surface area contributed by atoms with Crippen LogP contribution in [0, 0.1) is 23.5 Å². The first-order valence-electron chi connectivity index (χ1n) is 23.7. The van der Waals surface area contributed by atoms with E-state index >= 15 is 8.78 Å². The van der Waals surface area contributed by atoms with Gasteiger partial charge in [0.1, 0.15) is 11.6 Å². The Labute approximate surface area is 404 Å². The van der Waals surface area contributed by atoms with Crippen molar-refractivity contribution in [3.05, 3.63) is 100 Å². The molecule has 4 aromatic carbocycles. The van der Waals surface area contributed by atoms with Crippen LogP contribution >= 0.6 is 11.6 Å². The molecule has 5 aromatic rings. The summed E-state index contributed by atoms with van der Waals surface area (Å²) in [5.74, 6) is -2.35. The van der Waals surface area contributed by atoms with Gasteiger partial charge in [-0.3, -0.25) is 29.3 Å². The molecule has 1 aromatic heterocycles. The molecule has 1 saturated carbocycles. The molecule has 0 bridgehead atoms. The van der Waals surface area contributed by atoms with Gasteiger partial charge >= 0.3 is 6.03 Å². The van der Waals surface area contributed by atoms with Crippen LogP contribution in [-0.4, -0.2) is 97.4 Å². The van der Waals surface area contributed by atoms with Gasteiger partial charge in [-0.05, 0) is 93.4 Å². The summed E-state index contributed by atoms with van der Waals surface area (Å²) in [6, 6.07) is 19.1. The van der Waals surface area contributed by atoms with Gasteiger partial charge in [-0.1, -0.05) is 48.9 Å². The fourth-order valence-corrected chi connectivity index (χ4v) is 11.0. The Hall–Kier alpha value is -6.30. The zero-order valence-electron chi connectivity index (χ0n) is 39.0. The number of primary amides is 1. The third-order valence-corrected chi connectivity index (χ3v) is 15.0. The van der Waals surface area contributed by atoms with Gasteiger partial charge in [0.2, 0.25) is 17.7 Å². The minimum Gasteiger partial charge on any atom is -0.494 e. The van der Waals surface area contributed by atoms with E-state index in [0.717, 1.165) is 86.9 Å². The molecule has 3 aliphatic heterocycles. The number of fused-ring (bicyclic) bond motifs is 2. The number of hydrogen-bond donors (Lipinski definition) is 5. The zero-order valence-corrected chi connectivity index (χ0v) is 39.8. The van der Waals surface area contributed by atoms with Gasteiger partial charge in [-0.25, -0.2) is 13.6 Å². The van der Waals surface area contributed by atoms with Gasteiger partial charge < -0.3 is 36.1 Å². The quantitative estimate of drug-likeness (QED) is 0.0719. The molecule has 0 unspecified atom stereocenters. The number of rotatable bonds is 15. The predicted octanol–water partition coefficient (Wildman–Crippen LogP) is 7.21. The highest BCUT2D eigenvalue weighted by Gasteiger charge is 2.50. The monoisotopic (exact) mass is 965 g/mol. The number of imide groups is 1. The van der Waals surface area contributed by atoms with E-state index in [0.29, 0.717) is 36.9 Å². The van der Waals surface area contributed by atoms with Crippen LogP contribution in [0.1, 0.15) is 79.3 Å². The molecule has 0 spiro atoms. The molecule has 69 heavy (non-hydrogen) atoms. The lowest BCUT2D eigenvalue weighted by Gasteiger charge is -2.37. The maximum Gasteiger partial charge on any atom is 0.329 e. The van der Waals surface area contributed by atoms with Crippen molar-refractivity contribution in [3.8, 4) is 22.6 Å². The number of nitrogens with two attached hydrogens (primary N) is 1. The Kier molecular flexibility index (Phi) is 13.8. The molecule has 5 amide bonds. The van der Waals surface area contributed by atoms with Crippen molar-refractivity contribution in [1.29, 1.82) is 0 Å². The second-order valence-electron chi connectivity index (χ2n) is 18.7. The molecular formula is C51H58ClF2N9O6. The van der Waals surface area contributed by atoms with Crippen molar-refractivity contribution in [2.75, 3.05) is 63.1 Å². The maximum atomic E-state index is 16.2. The number of ether oxygens (including phenoxy) is 2. The van der Waals surface area contributed by atoms with Crippen molar-refractivity contribution in [2.24, 2.45) is 24.6 Å². The average molecular weight is 967 g/mol. The minimum absolute atomic E-state index is 0.00726. The summed E-state index contributed by atoms with van der Waals surface area (Å²) in [6.07, 6.45) is 5.31. The van der Waals surface area contributed by atoms with E-state index < -0.39 is 35.1 Å². The molecule has 2 atom stereocenters. The first-order valence-corrected chi connectivity index (χ1v) is 24.1. The summed E-state index contributed by atoms with van der Waals surface area (Å²) < 4.78 is 45.7. The highest BCUT2D eigenvalue weighted by atomic mass is 35.5. The highest BCUT2D eigenvalue weighted by Crippen LogP contribution is 2.56. The van der Waals surface area contributed by atoms with Crippen molar-refractivity contribution >= 4 is 57.8 Å². The Morgan fingerprint density at radius 2 is 1.74 bits per heavy atom. The smallest absolute Gasteiger partial charge is 0.329 e. The normalized spacial score (nSPS) is 22.0. The molecule has 9 rings (SSSR count). The number of likely N-dealkylation sites (tertiary alicyclic amines) is 1. The lowest BCUT2D eigenvalue weighted by Crippen LogP contribution is -2.49. The Balaban J connectivity index is 0.756. The van der Waals surface area contributed by atoms with Gasteiger partial charge in [0, 0.05) is 97.9 Å². The number of urea groups is 1. The summed E-state index contributed by atoms with van der Waals surface area (Å²) in [5.41, 5.74) is 7.38. The van der Waals surface area contributed by atoms with Gasteiger partial charge in [0.25, 0.3) is 0 Å². The SMILES string of the molecule is COc1ccc(C(N)=O)c(-c2c(Cl)c(F)cc3c2[C@H](C)[C@@](CNC2CCC(C(=O)NCCN4CCC(CNc5ccc6c(N7CCC(=O)NC7=O)nn(C)c6c5)CC4)CC2)(c2ccccc2)O3)c1F. The van der Waals surface area contributed by atoms with E-state index in [-0.39, 0.29) is 63.4 Å². The molecule has 1 aliphatic carbocycles. The first kappa shape index (κ1) is 47.8. The first-order chi connectivity index (χ1) is 33.3. The van der Waals surface area contributed by atoms with Crippen LogP contribution in [0.2, 0.25) is 5.02 Å². The number of aromatic nitrogens is 2. The molecule has 15 nitrogen and oxygen atoms in total. The van der Waals surface area contributed by atoms with Crippen LogP contribution < -0.4 is 41.4 Å². The molecule has 4 heterocycles. The fraction of sp³-hybridized carbons (Fsp3) is 0.431. The van der Waals surface area contributed by atoms with Gasteiger partial charge in [-0.15, -0.1) is 0 Å². The van der Waals surface area contributed by atoms with Gasteiger partial charge in [0.05, 0.1) is 23.2 Å². The Morgan fingerprint density at radius 3 is 2.45 bits per heavy atom. The molecule has 6 N–H and O–H groups in total. The lowest BCUT2D eigenvalue weighted by atomic mass is 9.77. The van der Waals surface area contributed by atoms with Gasteiger partial charge in [0.15, 0.2) is 23.0 Å². The number of benzene rings is 4. The standard InChI is InChI=1S/C51H58ClF2N9O6/c1-29-42-40(26-37(53)45(52)44(42)43-36(47(55)65)15-16-39(68-3)46(43)54)69-51(29,32-7-5-4-6-8-32)28-58-33-11-9-31(10-12-33)49(66)56-20-24-62-21-17-30(18-22-62)27-57-34-13-14-35-38(25-34)61(2)60-48(35)63-23-19-41(64)59-50(63)67/h4-8,13-16,25-26,29-31,33,57-58H,9-12,17-24,27-28H2,1-3H3,(H2,55,65)(H,56,66)(H,59,64,67)/t29-,31?,33?,51-/m0/s1. The van der Waals surface area contributed by atoms with Crippen molar-refractivity contribution < 1.29 is 37.4 Å². The predicted molar refractivity (Wildman–Crippen MR) is 260 cm³/mol. The third kappa shape index (κ3) is 9.43. The molecular weight excluding hydrogens is 908 g/mol. The summed E-state index contributed by atoms with van der Waals surface area (Å²) in [6.45, 7) is 6.66. The van der Waals surface area contributed by atoms with Crippen LogP contribution in [0.15, 0.2) is 66.7 Å². The number of halogens is 3. The second-order valence-corrected chi connectivity index (χ2v) is 19.1. The van der Waals surface area contributed by atoms with E-state index in [1.54, 1.807) is 4.68 Å². The molecule has 364 valence electrons. The number of nitrogens with zero attached hydrogens (tertiary/aromatic N) is 4. The van der Waals surface area contributed by atoms with Crippen LogP contribution in [0.25, 0.3) is 22.0 Å². The van der Waals surface area contributed by atoms with Crippen LogP contribution in [0.3, 0.4) is 0 Å². The number of hydrogen-bond acceptors (Lipinski definition) is 10. The molecule has 2 saturated heterocycles. The number of nitrogens with one attached hydrogen (secondary N) is 4. The van der Waals surface area contributed by atoms with Crippen LogP contribution in [-0.2, 0) is 22.2 Å². The number of amides is 5. The highest BCUT2D eigenvalue weighted by molar-refractivity contribution is 6.34. The number of anilines is 2. The summed E-state index contributed by atoms with van der Waals surface area (Å²) in [5, 5.41) is 18.0. The maximum absolute atomic E-state index is 16.2. The van der Waals surface area contributed by atoms with Crippen LogP contribution in [0.4, 0.5) is 25.1 Å². The summed E-state index contributed by atoms with van der Waals surface area (Å²) in [4.78, 5) is 54.1. The molecule has 4 aliphatic rings. The Bertz CT molecular complexity index is 2780. The summed E-state index contributed by atoms with van der Waals surface area (Å²) >= 11 is 6.68. The fourth-order valence-electron chi connectivity index (χ4n) is 10.7. The number of piperidine rings is 1. The summed E-state index contributed by atoms with van der Waals surface area (Å²) in [7, 11) is 3.14. The Morgan fingerprint density at radius 1 is 0.986 bits per heavy atom. The van der Waals surface area contributed by atoms with E-state index in [2.05, 4.69) is 31.3 Å².